The number of hydrogen-bond acceptors (Lipinski definition) is 2. The molecule has 3 rings (SSSR count). The van der Waals surface area contributed by atoms with Crippen molar-refractivity contribution in [1.29, 1.82) is 0 Å². The van der Waals surface area contributed by atoms with E-state index in [9.17, 15) is 4.79 Å². The van der Waals surface area contributed by atoms with Crippen molar-refractivity contribution < 1.29 is 4.79 Å². The van der Waals surface area contributed by atoms with Gasteiger partial charge in [-0.1, -0.05) is 25.7 Å². The number of carbonyl (C=O) groups is 1. The highest BCUT2D eigenvalue weighted by atomic mass is 16.2. The number of nitrogens with zero attached hydrogens (tertiary/aromatic N) is 1. The molecule has 2 aliphatic heterocycles. The number of carbonyl (C=O) groups excluding carboxylic acids is 1. The Morgan fingerprint density at radius 2 is 1.67 bits per heavy atom. The zero-order valence-electron chi connectivity index (χ0n) is 11.4. The molecule has 2 heterocycles. The highest BCUT2D eigenvalue weighted by molar-refractivity contribution is 5.79. The first-order valence-electron chi connectivity index (χ1n) is 7.84. The maximum Gasteiger partial charge on any atom is 0.225 e. The van der Waals surface area contributed by atoms with Crippen LogP contribution < -0.4 is 5.32 Å². The van der Waals surface area contributed by atoms with Gasteiger partial charge in [0, 0.05) is 19.0 Å². The minimum atomic E-state index is 0.346. The first kappa shape index (κ1) is 12.5. The van der Waals surface area contributed by atoms with Gasteiger partial charge < -0.3 is 10.2 Å². The lowest BCUT2D eigenvalue weighted by Gasteiger charge is -2.36. The normalized spacial score (nSPS) is 34.1. The predicted molar refractivity (Wildman–Crippen MR) is 72.2 cm³/mol. The van der Waals surface area contributed by atoms with Crippen LogP contribution in [-0.2, 0) is 4.79 Å². The standard InChI is InChI=1S/C15H26N2O/c18-15(12-5-3-1-2-4-6-12)17-8-7-13-9-16-10-14(13)11-17/h12-14,16H,1-11H2. The lowest BCUT2D eigenvalue weighted by Crippen LogP contribution is -2.45. The van der Waals surface area contributed by atoms with Gasteiger partial charge in [0.2, 0.25) is 5.91 Å². The molecular formula is C15H26N2O. The van der Waals surface area contributed by atoms with Crippen LogP contribution in [0.1, 0.15) is 44.9 Å². The van der Waals surface area contributed by atoms with Crippen LogP contribution in [0.15, 0.2) is 0 Å². The molecule has 102 valence electrons. The summed E-state index contributed by atoms with van der Waals surface area (Å²) in [6.07, 6.45) is 8.69. The van der Waals surface area contributed by atoms with Crippen molar-refractivity contribution in [3.63, 3.8) is 0 Å². The molecule has 1 N–H and O–H groups in total. The molecule has 0 spiro atoms. The second-order valence-corrected chi connectivity index (χ2v) is 6.44. The molecule has 18 heavy (non-hydrogen) atoms. The zero-order valence-corrected chi connectivity index (χ0v) is 11.4. The Labute approximate surface area is 110 Å². The fourth-order valence-electron chi connectivity index (χ4n) is 4.02. The highest BCUT2D eigenvalue weighted by Crippen LogP contribution is 2.30. The van der Waals surface area contributed by atoms with Gasteiger partial charge in [0.15, 0.2) is 0 Å². The third kappa shape index (κ3) is 2.56. The molecule has 0 radical (unpaired) electrons. The van der Waals surface area contributed by atoms with Crippen LogP contribution >= 0.6 is 0 Å². The topological polar surface area (TPSA) is 32.3 Å². The smallest absolute Gasteiger partial charge is 0.225 e. The molecule has 1 saturated carbocycles. The molecule has 2 unspecified atom stereocenters. The van der Waals surface area contributed by atoms with E-state index in [4.69, 9.17) is 0 Å². The molecule has 1 amide bonds. The lowest BCUT2D eigenvalue weighted by molar-refractivity contribution is -0.138. The summed E-state index contributed by atoms with van der Waals surface area (Å²) in [5, 5.41) is 3.48. The minimum Gasteiger partial charge on any atom is -0.342 e. The van der Waals surface area contributed by atoms with E-state index in [0.717, 1.165) is 44.3 Å². The highest BCUT2D eigenvalue weighted by Gasteiger charge is 2.36. The average molecular weight is 250 g/mol. The van der Waals surface area contributed by atoms with E-state index >= 15 is 0 Å². The van der Waals surface area contributed by atoms with Crippen LogP contribution in [0.25, 0.3) is 0 Å². The van der Waals surface area contributed by atoms with Gasteiger partial charge in [-0.15, -0.1) is 0 Å². The third-order valence-electron chi connectivity index (χ3n) is 5.22. The fourth-order valence-corrected chi connectivity index (χ4v) is 4.02. The van der Waals surface area contributed by atoms with Gasteiger partial charge in [0.25, 0.3) is 0 Å². The van der Waals surface area contributed by atoms with Crippen molar-refractivity contribution in [2.45, 2.75) is 44.9 Å². The van der Waals surface area contributed by atoms with Gasteiger partial charge in [-0.05, 0) is 44.2 Å². The largest absolute Gasteiger partial charge is 0.342 e. The summed E-state index contributed by atoms with van der Waals surface area (Å²) < 4.78 is 0. The Hall–Kier alpha value is -0.570. The Kier molecular flexibility index (Phi) is 3.88. The first-order valence-corrected chi connectivity index (χ1v) is 7.84. The van der Waals surface area contributed by atoms with E-state index in [0.29, 0.717) is 11.8 Å². The molecule has 0 aromatic heterocycles. The van der Waals surface area contributed by atoms with Crippen molar-refractivity contribution in [3.8, 4) is 0 Å². The maximum atomic E-state index is 12.6. The number of rotatable bonds is 1. The summed E-state index contributed by atoms with van der Waals surface area (Å²) in [5.41, 5.74) is 0. The van der Waals surface area contributed by atoms with Gasteiger partial charge in [-0.2, -0.15) is 0 Å². The molecule has 3 aliphatic rings. The maximum absolute atomic E-state index is 12.6. The van der Waals surface area contributed by atoms with Gasteiger partial charge in [-0.3, -0.25) is 4.79 Å². The summed E-state index contributed by atoms with van der Waals surface area (Å²) in [7, 11) is 0. The Morgan fingerprint density at radius 3 is 2.44 bits per heavy atom. The van der Waals surface area contributed by atoms with Crippen molar-refractivity contribution in [2.24, 2.45) is 17.8 Å². The van der Waals surface area contributed by atoms with E-state index in [-0.39, 0.29) is 0 Å². The Morgan fingerprint density at radius 1 is 0.944 bits per heavy atom. The number of piperidine rings is 1. The molecule has 0 aromatic rings. The predicted octanol–water partition coefficient (Wildman–Crippen LogP) is 2.02. The number of likely N-dealkylation sites (tertiary alicyclic amines) is 1. The summed E-state index contributed by atoms with van der Waals surface area (Å²) in [6, 6.07) is 0. The average Bonchev–Trinajstić information content (AvgIpc) is 2.69. The van der Waals surface area contributed by atoms with Crippen molar-refractivity contribution in [2.75, 3.05) is 26.2 Å². The number of amides is 1. The van der Waals surface area contributed by atoms with E-state index in [1.54, 1.807) is 0 Å². The molecule has 0 bridgehead atoms. The summed E-state index contributed by atoms with van der Waals surface area (Å²) in [5.74, 6) is 2.39. The number of nitrogens with one attached hydrogen (secondary N) is 1. The minimum absolute atomic E-state index is 0.346. The van der Waals surface area contributed by atoms with Crippen LogP contribution in [0.4, 0.5) is 0 Å². The second-order valence-electron chi connectivity index (χ2n) is 6.44. The quantitative estimate of drug-likeness (QED) is 0.722. The molecular weight excluding hydrogens is 224 g/mol. The van der Waals surface area contributed by atoms with Crippen LogP contribution in [0.3, 0.4) is 0 Å². The second kappa shape index (κ2) is 5.60. The van der Waals surface area contributed by atoms with E-state index in [2.05, 4.69) is 10.2 Å². The van der Waals surface area contributed by atoms with Crippen molar-refractivity contribution in [1.82, 2.24) is 10.2 Å². The van der Waals surface area contributed by atoms with E-state index < -0.39 is 0 Å². The van der Waals surface area contributed by atoms with Crippen LogP contribution in [0.5, 0.6) is 0 Å². The van der Waals surface area contributed by atoms with Crippen LogP contribution in [0.2, 0.25) is 0 Å². The molecule has 3 fully saturated rings. The van der Waals surface area contributed by atoms with Crippen LogP contribution in [0, 0.1) is 17.8 Å². The van der Waals surface area contributed by atoms with Gasteiger partial charge in [0.1, 0.15) is 0 Å². The molecule has 1 aliphatic carbocycles. The molecule has 3 heteroatoms. The van der Waals surface area contributed by atoms with Gasteiger partial charge >= 0.3 is 0 Å². The lowest BCUT2D eigenvalue weighted by atomic mass is 9.87. The molecule has 2 atom stereocenters. The fraction of sp³-hybridized carbons (Fsp3) is 0.933. The molecule has 0 aromatic carbocycles. The summed E-state index contributed by atoms with van der Waals surface area (Å²) in [6.45, 7) is 4.33. The Balaban J connectivity index is 1.58. The number of fused-ring (bicyclic) bond motifs is 1. The Bertz CT molecular complexity index is 297. The molecule has 2 saturated heterocycles. The SMILES string of the molecule is O=C(C1CCCCCC1)N1CCC2CNCC2C1. The third-order valence-corrected chi connectivity index (χ3v) is 5.22. The van der Waals surface area contributed by atoms with E-state index in [1.165, 1.54) is 38.6 Å². The van der Waals surface area contributed by atoms with Crippen molar-refractivity contribution >= 4 is 5.91 Å². The molecule has 3 nitrogen and oxygen atoms in total. The first-order chi connectivity index (χ1) is 8.84. The summed E-state index contributed by atoms with van der Waals surface area (Å²) >= 11 is 0. The summed E-state index contributed by atoms with van der Waals surface area (Å²) in [4.78, 5) is 14.8. The monoisotopic (exact) mass is 250 g/mol. The van der Waals surface area contributed by atoms with Gasteiger partial charge in [-0.25, -0.2) is 0 Å². The van der Waals surface area contributed by atoms with Gasteiger partial charge in [0.05, 0.1) is 0 Å². The van der Waals surface area contributed by atoms with Crippen molar-refractivity contribution in [3.05, 3.63) is 0 Å². The van der Waals surface area contributed by atoms with Crippen LogP contribution in [-0.4, -0.2) is 37.0 Å². The van der Waals surface area contributed by atoms with E-state index in [1.807, 2.05) is 0 Å². The number of hydrogen-bond donors (Lipinski definition) is 1. The zero-order chi connectivity index (χ0) is 12.4.